The Balaban J connectivity index is 2.83. The zero-order chi connectivity index (χ0) is 7.56. The number of thiophene rings is 1. The average Bonchev–Trinajstić information content (AvgIpc) is 2.20. The molecule has 1 heterocycles. The lowest BCUT2D eigenvalue weighted by atomic mass is 10.2. The third kappa shape index (κ3) is 1.32. The molecule has 0 unspecified atom stereocenters. The zero-order valence-electron chi connectivity index (χ0n) is 6.69. The van der Waals surface area contributed by atoms with E-state index in [0.717, 1.165) is 6.54 Å². The van der Waals surface area contributed by atoms with Crippen LogP contribution in [0.1, 0.15) is 18.1 Å². The molecular formula is C8H13NS. The fraction of sp³-hybridized carbons (Fsp3) is 0.500. The summed E-state index contributed by atoms with van der Waals surface area (Å²) in [7, 11) is 0. The van der Waals surface area contributed by atoms with Gasteiger partial charge in [0.25, 0.3) is 0 Å². The topological polar surface area (TPSA) is 12.0 Å². The molecule has 1 rings (SSSR count). The van der Waals surface area contributed by atoms with E-state index >= 15 is 0 Å². The Kier molecular flexibility index (Phi) is 2.33. The Morgan fingerprint density at radius 2 is 2.20 bits per heavy atom. The van der Waals surface area contributed by atoms with Crippen molar-refractivity contribution in [3.05, 3.63) is 16.5 Å². The van der Waals surface area contributed by atoms with E-state index in [1.165, 1.54) is 16.1 Å². The molecule has 1 N–H and O–H groups in total. The molecule has 0 saturated heterocycles. The lowest BCUT2D eigenvalue weighted by Gasteiger charge is -1.99. The molecular weight excluding hydrogens is 142 g/mol. The SMILES string of the molecule is CCNc1scc(C)c1C. The van der Waals surface area contributed by atoms with Crippen LogP contribution in [0.3, 0.4) is 0 Å². The highest BCUT2D eigenvalue weighted by molar-refractivity contribution is 7.14. The van der Waals surface area contributed by atoms with Crippen molar-refractivity contribution in [1.29, 1.82) is 0 Å². The molecule has 0 amide bonds. The van der Waals surface area contributed by atoms with Crippen molar-refractivity contribution in [3.8, 4) is 0 Å². The molecule has 10 heavy (non-hydrogen) atoms. The molecule has 56 valence electrons. The van der Waals surface area contributed by atoms with Gasteiger partial charge in [-0.15, -0.1) is 11.3 Å². The van der Waals surface area contributed by atoms with Crippen LogP contribution in [0.15, 0.2) is 5.38 Å². The van der Waals surface area contributed by atoms with E-state index in [-0.39, 0.29) is 0 Å². The molecule has 0 aliphatic heterocycles. The van der Waals surface area contributed by atoms with Gasteiger partial charge in [0.2, 0.25) is 0 Å². The first kappa shape index (κ1) is 7.61. The monoisotopic (exact) mass is 155 g/mol. The minimum absolute atomic E-state index is 1.01. The molecule has 2 heteroatoms. The van der Waals surface area contributed by atoms with Crippen LogP contribution in [0, 0.1) is 13.8 Å². The predicted octanol–water partition coefficient (Wildman–Crippen LogP) is 2.80. The summed E-state index contributed by atoms with van der Waals surface area (Å²) in [5.41, 5.74) is 2.78. The van der Waals surface area contributed by atoms with E-state index < -0.39 is 0 Å². The van der Waals surface area contributed by atoms with E-state index in [1.54, 1.807) is 11.3 Å². The van der Waals surface area contributed by atoms with Gasteiger partial charge in [-0.3, -0.25) is 0 Å². The maximum atomic E-state index is 3.32. The number of hydrogen-bond acceptors (Lipinski definition) is 2. The molecule has 0 spiro atoms. The third-order valence-corrected chi connectivity index (χ3v) is 2.78. The first-order valence-electron chi connectivity index (χ1n) is 3.54. The van der Waals surface area contributed by atoms with E-state index in [2.05, 4.69) is 31.5 Å². The van der Waals surface area contributed by atoms with Gasteiger partial charge in [-0.1, -0.05) is 0 Å². The van der Waals surface area contributed by atoms with Crippen molar-refractivity contribution in [2.75, 3.05) is 11.9 Å². The standard InChI is InChI=1S/C8H13NS/c1-4-9-8-7(3)6(2)5-10-8/h5,9H,4H2,1-3H3. The Bertz CT molecular complexity index is 215. The smallest absolute Gasteiger partial charge is 0.0914 e. The fourth-order valence-corrected chi connectivity index (χ4v) is 1.87. The van der Waals surface area contributed by atoms with Crippen molar-refractivity contribution < 1.29 is 0 Å². The highest BCUT2D eigenvalue weighted by atomic mass is 32.1. The van der Waals surface area contributed by atoms with Gasteiger partial charge in [0, 0.05) is 6.54 Å². The van der Waals surface area contributed by atoms with Gasteiger partial charge < -0.3 is 5.32 Å². The summed E-state index contributed by atoms with van der Waals surface area (Å²) >= 11 is 1.79. The number of aryl methyl sites for hydroxylation is 1. The van der Waals surface area contributed by atoms with E-state index in [0.29, 0.717) is 0 Å². The van der Waals surface area contributed by atoms with Crippen LogP contribution in [-0.4, -0.2) is 6.54 Å². The van der Waals surface area contributed by atoms with Gasteiger partial charge in [0.05, 0.1) is 5.00 Å². The summed E-state index contributed by atoms with van der Waals surface area (Å²) in [6.07, 6.45) is 0. The second kappa shape index (κ2) is 3.06. The molecule has 1 nitrogen and oxygen atoms in total. The normalized spacial score (nSPS) is 9.90. The summed E-state index contributed by atoms with van der Waals surface area (Å²) in [4.78, 5) is 0. The molecule has 0 aromatic carbocycles. The van der Waals surface area contributed by atoms with Crippen molar-refractivity contribution in [2.24, 2.45) is 0 Å². The van der Waals surface area contributed by atoms with Gasteiger partial charge in [-0.05, 0) is 37.3 Å². The number of anilines is 1. The average molecular weight is 155 g/mol. The summed E-state index contributed by atoms with van der Waals surface area (Å²) in [5, 5.41) is 6.82. The number of hydrogen-bond donors (Lipinski definition) is 1. The van der Waals surface area contributed by atoms with Crippen LogP contribution < -0.4 is 5.32 Å². The van der Waals surface area contributed by atoms with Gasteiger partial charge in [0.15, 0.2) is 0 Å². The first-order chi connectivity index (χ1) is 4.75. The highest BCUT2D eigenvalue weighted by Gasteiger charge is 2.00. The number of nitrogens with one attached hydrogen (secondary N) is 1. The molecule has 0 atom stereocenters. The molecule has 0 aliphatic rings. The zero-order valence-corrected chi connectivity index (χ0v) is 7.51. The second-order valence-corrected chi connectivity index (χ2v) is 3.28. The molecule has 1 aromatic rings. The molecule has 0 radical (unpaired) electrons. The van der Waals surface area contributed by atoms with Crippen LogP contribution >= 0.6 is 11.3 Å². The van der Waals surface area contributed by atoms with Crippen LogP contribution in [0.5, 0.6) is 0 Å². The quantitative estimate of drug-likeness (QED) is 0.692. The summed E-state index contributed by atoms with van der Waals surface area (Å²) < 4.78 is 0. The Morgan fingerprint density at radius 1 is 1.50 bits per heavy atom. The Hall–Kier alpha value is -0.500. The van der Waals surface area contributed by atoms with Crippen molar-refractivity contribution in [3.63, 3.8) is 0 Å². The van der Waals surface area contributed by atoms with Gasteiger partial charge in [0.1, 0.15) is 0 Å². The van der Waals surface area contributed by atoms with Crippen LogP contribution in [0.4, 0.5) is 5.00 Å². The third-order valence-electron chi connectivity index (χ3n) is 1.62. The largest absolute Gasteiger partial charge is 0.377 e. The highest BCUT2D eigenvalue weighted by Crippen LogP contribution is 2.25. The minimum Gasteiger partial charge on any atom is -0.377 e. The van der Waals surface area contributed by atoms with E-state index in [4.69, 9.17) is 0 Å². The van der Waals surface area contributed by atoms with Gasteiger partial charge >= 0.3 is 0 Å². The van der Waals surface area contributed by atoms with Gasteiger partial charge in [-0.25, -0.2) is 0 Å². The molecule has 0 saturated carbocycles. The second-order valence-electron chi connectivity index (χ2n) is 2.40. The van der Waals surface area contributed by atoms with Crippen molar-refractivity contribution in [1.82, 2.24) is 0 Å². The van der Waals surface area contributed by atoms with Crippen LogP contribution in [0.2, 0.25) is 0 Å². The molecule has 1 aromatic heterocycles. The number of rotatable bonds is 2. The summed E-state index contributed by atoms with van der Waals surface area (Å²) in [6, 6.07) is 0. The van der Waals surface area contributed by atoms with Crippen molar-refractivity contribution >= 4 is 16.3 Å². The Labute approximate surface area is 66.1 Å². The van der Waals surface area contributed by atoms with E-state index in [9.17, 15) is 0 Å². The van der Waals surface area contributed by atoms with Crippen LogP contribution in [0.25, 0.3) is 0 Å². The predicted molar refractivity (Wildman–Crippen MR) is 48.0 cm³/mol. The van der Waals surface area contributed by atoms with Crippen LogP contribution in [-0.2, 0) is 0 Å². The minimum atomic E-state index is 1.01. The lowest BCUT2D eigenvalue weighted by Crippen LogP contribution is -1.94. The Morgan fingerprint density at radius 3 is 2.60 bits per heavy atom. The molecule has 0 fully saturated rings. The lowest BCUT2D eigenvalue weighted by molar-refractivity contribution is 1.21. The van der Waals surface area contributed by atoms with Crippen molar-refractivity contribution in [2.45, 2.75) is 20.8 Å². The molecule has 0 bridgehead atoms. The maximum absolute atomic E-state index is 3.32. The first-order valence-corrected chi connectivity index (χ1v) is 4.42. The van der Waals surface area contributed by atoms with Gasteiger partial charge in [-0.2, -0.15) is 0 Å². The summed E-state index contributed by atoms with van der Waals surface area (Å²) in [5.74, 6) is 0. The van der Waals surface area contributed by atoms with E-state index in [1.807, 2.05) is 0 Å². The fourth-order valence-electron chi connectivity index (χ4n) is 0.838. The maximum Gasteiger partial charge on any atom is 0.0914 e. The molecule has 0 aliphatic carbocycles. The summed E-state index contributed by atoms with van der Waals surface area (Å²) in [6.45, 7) is 7.44.